The topological polar surface area (TPSA) is 93.8 Å². The number of hydrogen-bond donors (Lipinski definition) is 2. The number of nitrogens with zero attached hydrogens (tertiary/aromatic N) is 2. The molecule has 2 N–H and O–H groups in total. The first kappa shape index (κ1) is 16.9. The van der Waals surface area contributed by atoms with Gasteiger partial charge in [-0.2, -0.15) is 5.26 Å². The number of benzene rings is 1. The lowest BCUT2D eigenvalue weighted by Crippen LogP contribution is -2.62. The standard InChI is InChI=1S/C18H22N2O4/c19-12-13-3-1-2-4-14(13)17(23)20-7-5-18(6-8-20)15(22)11-16(18)24-10-9-21/h1-4,15-16,21-22H,5-11H2/t15-,16+/m1/s1. The fraction of sp³-hybridized carbons (Fsp3) is 0.556. The molecule has 6 heteroatoms. The summed E-state index contributed by atoms with van der Waals surface area (Å²) in [5.74, 6) is -0.136. The molecule has 2 atom stereocenters. The Morgan fingerprint density at radius 3 is 2.71 bits per heavy atom. The molecule has 128 valence electrons. The van der Waals surface area contributed by atoms with E-state index in [9.17, 15) is 9.90 Å². The third kappa shape index (κ3) is 2.80. The number of aliphatic hydroxyl groups is 2. The van der Waals surface area contributed by atoms with Gasteiger partial charge in [0.25, 0.3) is 5.91 Å². The molecular weight excluding hydrogens is 308 g/mol. The van der Waals surface area contributed by atoms with Crippen molar-refractivity contribution < 1.29 is 19.7 Å². The van der Waals surface area contributed by atoms with Crippen LogP contribution in [0.5, 0.6) is 0 Å². The third-order valence-corrected chi connectivity index (χ3v) is 5.41. The molecule has 24 heavy (non-hydrogen) atoms. The second-order valence-corrected chi connectivity index (χ2v) is 6.52. The highest BCUT2D eigenvalue weighted by Crippen LogP contribution is 2.51. The van der Waals surface area contributed by atoms with Gasteiger partial charge in [-0.15, -0.1) is 0 Å². The molecule has 1 saturated carbocycles. The van der Waals surface area contributed by atoms with Crippen molar-refractivity contribution in [3.05, 3.63) is 35.4 Å². The average molecular weight is 330 g/mol. The maximum absolute atomic E-state index is 12.7. The molecular formula is C18H22N2O4. The minimum atomic E-state index is -0.412. The smallest absolute Gasteiger partial charge is 0.255 e. The number of amides is 1. The number of carbonyl (C=O) groups excluding carboxylic acids is 1. The summed E-state index contributed by atoms with van der Waals surface area (Å²) in [6, 6.07) is 8.89. The molecule has 3 rings (SSSR count). The zero-order valence-electron chi connectivity index (χ0n) is 13.5. The molecule has 1 aliphatic carbocycles. The summed E-state index contributed by atoms with van der Waals surface area (Å²) in [6.07, 6.45) is 1.47. The minimum Gasteiger partial charge on any atom is -0.394 e. The largest absolute Gasteiger partial charge is 0.394 e. The Kier molecular flexibility index (Phi) is 4.86. The quantitative estimate of drug-likeness (QED) is 0.856. The van der Waals surface area contributed by atoms with Crippen LogP contribution in [-0.2, 0) is 4.74 Å². The van der Waals surface area contributed by atoms with Crippen LogP contribution in [0.25, 0.3) is 0 Å². The Morgan fingerprint density at radius 2 is 2.08 bits per heavy atom. The van der Waals surface area contributed by atoms with Crippen LogP contribution in [-0.4, -0.2) is 59.5 Å². The predicted octanol–water partition coefficient (Wildman–Crippen LogP) is 0.923. The molecule has 0 radical (unpaired) electrons. The summed E-state index contributed by atoms with van der Waals surface area (Å²) >= 11 is 0. The van der Waals surface area contributed by atoms with Crippen molar-refractivity contribution in [1.29, 1.82) is 5.26 Å². The van der Waals surface area contributed by atoms with Crippen molar-refractivity contribution in [3.63, 3.8) is 0 Å². The Balaban J connectivity index is 1.67. The van der Waals surface area contributed by atoms with Gasteiger partial charge in [-0.3, -0.25) is 4.79 Å². The van der Waals surface area contributed by atoms with Crippen molar-refractivity contribution in [2.45, 2.75) is 31.5 Å². The van der Waals surface area contributed by atoms with Crippen LogP contribution in [0.4, 0.5) is 0 Å². The molecule has 0 aromatic heterocycles. The first-order valence-corrected chi connectivity index (χ1v) is 8.31. The van der Waals surface area contributed by atoms with Crippen LogP contribution in [0.1, 0.15) is 35.2 Å². The highest BCUT2D eigenvalue weighted by molar-refractivity contribution is 5.96. The molecule has 2 fully saturated rings. The van der Waals surface area contributed by atoms with E-state index in [1.807, 2.05) is 0 Å². The summed E-state index contributed by atoms with van der Waals surface area (Å²) in [5.41, 5.74) is 0.509. The highest BCUT2D eigenvalue weighted by atomic mass is 16.5. The molecule has 0 unspecified atom stereocenters. The number of piperidine rings is 1. The summed E-state index contributed by atoms with van der Waals surface area (Å²) in [6.45, 7) is 1.32. The van der Waals surface area contributed by atoms with Crippen LogP contribution in [0.15, 0.2) is 24.3 Å². The van der Waals surface area contributed by atoms with Crippen LogP contribution >= 0.6 is 0 Å². The van der Waals surface area contributed by atoms with Gasteiger partial charge in [-0.05, 0) is 25.0 Å². The zero-order valence-corrected chi connectivity index (χ0v) is 13.5. The van der Waals surface area contributed by atoms with E-state index in [0.29, 0.717) is 43.5 Å². The molecule has 2 aliphatic rings. The molecule has 1 spiro atoms. The third-order valence-electron chi connectivity index (χ3n) is 5.41. The number of carbonyl (C=O) groups is 1. The van der Waals surface area contributed by atoms with Gasteiger partial charge in [-0.25, -0.2) is 0 Å². The van der Waals surface area contributed by atoms with Gasteiger partial charge in [0.15, 0.2) is 0 Å². The van der Waals surface area contributed by atoms with Crippen LogP contribution in [0.3, 0.4) is 0 Å². The van der Waals surface area contributed by atoms with Gasteiger partial charge in [0, 0.05) is 24.9 Å². The molecule has 1 aliphatic heterocycles. The van der Waals surface area contributed by atoms with Gasteiger partial charge < -0.3 is 19.8 Å². The van der Waals surface area contributed by atoms with E-state index < -0.39 is 6.10 Å². The Labute approximate surface area is 141 Å². The monoisotopic (exact) mass is 330 g/mol. The van der Waals surface area contributed by atoms with Gasteiger partial charge in [0.2, 0.25) is 0 Å². The Bertz CT molecular complexity index is 647. The van der Waals surface area contributed by atoms with E-state index in [4.69, 9.17) is 15.1 Å². The van der Waals surface area contributed by atoms with E-state index in [0.717, 1.165) is 0 Å². The van der Waals surface area contributed by atoms with E-state index in [1.165, 1.54) is 0 Å². The second kappa shape index (κ2) is 6.89. The van der Waals surface area contributed by atoms with Gasteiger partial charge in [-0.1, -0.05) is 12.1 Å². The first-order chi connectivity index (χ1) is 11.6. The molecule has 1 amide bonds. The molecule has 0 bridgehead atoms. The number of likely N-dealkylation sites (tertiary alicyclic amines) is 1. The van der Waals surface area contributed by atoms with Crippen LogP contribution in [0, 0.1) is 16.7 Å². The van der Waals surface area contributed by atoms with Crippen LogP contribution in [0.2, 0.25) is 0 Å². The SMILES string of the molecule is N#Cc1ccccc1C(=O)N1CCC2(CC1)[C@H](O)C[C@@H]2OCCO. The summed E-state index contributed by atoms with van der Waals surface area (Å²) in [4.78, 5) is 14.4. The van der Waals surface area contributed by atoms with Gasteiger partial charge in [0.1, 0.15) is 0 Å². The number of nitriles is 1. The van der Waals surface area contributed by atoms with Crippen molar-refractivity contribution in [1.82, 2.24) is 4.90 Å². The van der Waals surface area contributed by atoms with Crippen molar-refractivity contribution in [2.75, 3.05) is 26.3 Å². The number of rotatable bonds is 4. The van der Waals surface area contributed by atoms with E-state index in [2.05, 4.69) is 6.07 Å². The Morgan fingerprint density at radius 1 is 1.38 bits per heavy atom. The predicted molar refractivity (Wildman–Crippen MR) is 86.2 cm³/mol. The average Bonchev–Trinajstić information content (AvgIpc) is 2.64. The fourth-order valence-corrected chi connectivity index (χ4v) is 3.87. The lowest BCUT2D eigenvalue weighted by atomic mass is 9.58. The fourth-order valence-electron chi connectivity index (χ4n) is 3.87. The van der Waals surface area contributed by atoms with Crippen LogP contribution < -0.4 is 0 Å². The summed E-state index contributed by atoms with van der Waals surface area (Å²) < 4.78 is 5.65. The maximum atomic E-state index is 12.7. The van der Waals surface area contributed by atoms with Crippen molar-refractivity contribution in [3.8, 4) is 6.07 Å². The number of hydrogen-bond acceptors (Lipinski definition) is 5. The molecule has 1 aromatic rings. The normalized spacial score (nSPS) is 25.1. The van der Waals surface area contributed by atoms with E-state index in [1.54, 1.807) is 29.2 Å². The maximum Gasteiger partial charge on any atom is 0.255 e. The number of ether oxygens (including phenoxy) is 1. The molecule has 6 nitrogen and oxygen atoms in total. The molecule has 1 heterocycles. The minimum absolute atomic E-state index is 0.0295. The van der Waals surface area contributed by atoms with Gasteiger partial charge in [0.05, 0.1) is 42.6 Å². The Hall–Kier alpha value is -1.94. The summed E-state index contributed by atoms with van der Waals surface area (Å²) in [7, 11) is 0. The van der Waals surface area contributed by atoms with Crippen molar-refractivity contribution >= 4 is 5.91 Å². The lowest BCUT2D eigenvalue weighted by Gasteiger charge is -2.56. The highest BCUT2D eigenvalue weighted by Gasteiger charge is 2.56. The van der Waals surface area contributed by atoms with E-state index >= 15 is 0 Å². The molecule has 1 aromatic carbocycles. The summed E-state index contributed by atoms with van der Waals surface area (Å²) in [5, 5.41) is 28.3. The molecule has 1 saturated heterocycles. The first-order valence-electron chi connectivity index (χ1n) is 8.31. The van der Waals surface area contributed by atoms with Gasteiger partial charge >= 0.3 is 0 Å². The second-order valence-electron chi connectivity index (χ2n) is 6.52. The number of aliphatic hydroxyl groups excluding tert-OH is 2. The van der Waals surface area contributed by atoms with Crippen molar-refractivity contribution in [2.24, 2.45) is 5.41 Å². The van der Waals surface area contributed by atoms with E-state index in [-0.39, 0.29) is 30.6 Å². The zero-order chi connectivity index (χ0) is 17.2. The lowest BCUT2D eigenvalue weighted by molar-refractivity contribution is -0.211.